The van der Waals surface area contributed by atoms with Crippen molar-refractivity contribution in [3.8, 4) is 5.75 Å². The second-order valence-corrected chi connectivity index (χ2v) is 8.82. The molecule has 1 saturated heterocycles. The molecule has 1 amide bonds. The standard InChI is InChI=1S/C28H22FN3O6/c1-38-21-10-11-23-22(14-21)18(15-30-23)12-13-31-25(16-2-6-19(29)7-3-16)24(27(34)28(31)35)26(33)17-4-8-20(9-5-17)32(36)37/h2-11,14-15,25,30,33H,12-13H2,1H3/t25-/m1/s1. The molecule has 2 N–H and O–H groups in total. The number of non-ortho nitro benzene ring substituents is 1. The maximum atomic E-state index is 13.7. The van der Waals surface area contributed by atoms with E-state index in [0.717, 1.165) is 16.5 Å². The molecule has 0 bridgehead atoms. The van der Waals surface area contributed by atoms with Crippen LogP contribution < -0.4 is 4.74 Å². The van der Waals surface area contributed by atoms with Crippen LogP contribution in [0.25, 0.3) is 16.7 Å². The van der Waals surface area contributed by atoms with Gasteiger partial charge in [-0.25, -0.2) is 4.39 Å². The summed E-state index contributed by atoms with van der Waals surface area (Å²) in [4.78, 5) is 41.4. The summed E-state index contributed by atoms with van der Waals surface area (Å²) in [6, 6.07) is 15.0. The predicted octanol–water partition coefficient (Wildman–Crippen LogP) is 4.89. The average Bonchev–Trinajstić information content (AvgIpc) is 3.44. The number of carbonyl (C=O) groups is 2. The first-order valence-electron chi connectivity index (χ1n) is 11.7. The molecule has 1 aliphatic heterocycles. The Balaban J connectivity index is 1.54. The molecule has 38 heavy (non-hydrogen) atoms. The van der Waals surface area contributed by atoms with Crippen LogP contribution in [0.4, 0.5) is 10.1 Å². The SMILES string of the molecule is COc1ccc2[nH]cc(CCN3C(=O)C(=O)C(=C(O)c4ccc([N+](=O)[O-])cc4)[C@H]3c3ccc(F)cc3)c2c1. The summed E-state index contributed by atoms with van der Waals surface area (Å²) in [5.41, 5.74) is 2.01. The minimum Gasteiger partial charge on any atom is -0.507 e. The number of nitro benzene ring substituents is 1. The number of aliphatic hydroxyl groups is 1. The van der Waals surface area contributed by atoms with E-state index in [4.69, 9.17) is 4.74 Å². The zero-order valence-corrected chi connectivity index (χ0v) is 20.2. The minimum atomic E-state index is -0.981. The van der Waals surface area contributed by atoms with Crippen molar-refractivity contribution in [3.63, 3.8) is 0 Å². The van der Waals surface area contributed by atoms with Gasteiger partial charge in [0.25, 0.3) is 17.4 Å². The molecule has 0 saturated carbocycles. The largest absolute Gasteiger partial charge is 0.507 e. The molecule has 4 aromatic rings. The molecule has 1 atom stereocenters. The smallest absolute Gasteiger partial charge is 0.295 e. The molecule has 5 rings (SSSR count). The zero-order valence-electron chi connectivity index (χ0n) is 20.2. The lowest BCUT2D eigenvalue weighted by atomic mass is 9.95. The van der Waals surface area contributed by atoms with Crippen molar-refractivity contribution in [2.24, 2.45) is 0 Å². The van der Waals surface area contributed by atoms with E-state index in [-0.39, 0.29) is 23.4 Å². The van der Waals surface area contributed by atoms with Crippen molar-refractivity contribution in [1.29, 1.82) is 0 Å². The highest BCUT2D eigenvalue weighted by Gasteiger charge is 2.45. The number of ketones is 1. The number of methoxy groups -OCH3 is 1. The van der Waals surface area contributed by atoms with Crippen LogP contribution in [-0.4, -0.2) is 45.3 Å². The monoisotopic (exact) mass is 515 g/mol. The van der Waals surface area contributed by atoms with Crippen molar-refractivity contribution in [3.05, 3.63) is 111 Å². The number of hydrogen-bond acceptors (Lipinski definition) is 6. The number of hydrogen-bond donors (Lipinski definition) is 2. The van der Waals surface area contributed by atoms with E-state index in [1.807, 2.05) is 24.4 Å². The van der Waals surface area contributed by atoms with Crippen molar-refractivity contribution < 1.29 is 28.7 Å². The molecule has 2 heterocycles. The fraction of sp³-hybridized carbons (Fsp3) is 0.143. The number of halogens is 1. The molecule has 0 aliphatic carbocycles. The van der Waals surface area contributed by atoms with E-state index in [1.54, 1.807) is 7.11 Å². The maximum absolute atomic E-state index is 13.7. The van der Waals surface area contributed by atoms with E-state index in [1.165, 1.54) is 53.4 Å². The summed E-state index contributed by atoms with van der Waals surface area (Å²) in [6.45, 7) is 0.133. The number of H-pyrrole nitrogens is 1. The summed E-state index contributed by atoms with van der Waals surface area (Å²) in [5, 5.41) is 23.0. The van der Waals surface area contributed by atoms with Crippen LogP contribution in [0.2, 0.25) is 0 Å². The fourth-order valence-corrected chi connectivity index (χ4v) is 4.73. The first-order chi connectivity index (χ1) is 18.3. The molecule has 0 spiro atoms. The summed E-state index contributed by atoms with van der Waals surface area (Å²) < 4.78 is 19.0. The van der Waals surface area contributed by atoms with E-state index < -0.39 is 34.2 Å². The third kappa shape index (κ3) is 4.36. The van der Waals surface area contributed by atoms with Gasteiger partial charge < -0.3 is 19.7 Å². The number of nitro groups is 1. The summed E-state index contributed by atoms with van der Waals surface area (Å²) in [7, 11) is 1.57. The van der Waals surface area contributed by atoms with Gasteiger partial charge in [0.1, 0.15) is 17.3 Å². The summed E-state index contributed by atoms with van der Waals surface area (Å²) in [5.74, 6) is -1.98. The summed E-state index contributed by atoms with van der Waals surface area (Å²) in [6.07, 6.45) is 2.21. The number of ether oxygens (including phenoxy) is 1. The van der Waals surface area contributed by atoms with Crippen molar-refractivity contribution in [1.82, 2.24) is 9.88 Å². The van der Waals surface area contributed by atoms with E-state index >= 15 is 0 Å². The van der Waals surface area contributed by atoms with Gasteiger partial charge in [-0.1, -0.05) is 12.1 Å². The van der Waals surface area contributed by atoms with Gasteiger partial charge >= 0.3 is 0 Å². The van der Waals surface area contributed by atoms with Gasteiger partial charge in [-0.05, 0) is 60.0 Å². The topological polar surface area (TPSA) is 126 Å². The number of likely N-dealkylation sites (tertiary alicyclic amines) is 1. The quantitative estimate of drug-likeness (QED) is 0.119. The number of nitrogens with one attached hydrogen (secondary N) is 1. The van der Waals surface area contributed by atoms with Crippen LogP contribution >= 0.6 is 0 Å². The van der Waals surface area contributed by atoms with Crippen molar-refractivity contribution in [2.45, 2.75) is 12.5 Å². The highest BCUT2D eigenvalue weighted by molar-refractivity contribution is 6.46. The summed E-state index contributed by atoms with van der Waals surface area (Å²) >= 11 is 0. The number of Topliss-reactive ketones (excluding diaryl/α,β-unsaturated/α-hetero) is 1. The minimum absolute atomic E-state index is 0.133. The van der Waals surface area contributed by atoms with Gasteiger partial charge in [-0.3, -0.25) is 19.7 Å². The first-order valence-corrected chi connectivity index (χ1v) is 11.7. The number of aromatic nitrogens is 1. The molecule has 3 aromatic carbocycles. The van der Waals surface area contributed by atoms with Gasteiger partial charge in [0, 0.05) is 41.3 Å². The molecule has 1 aromatic heterocycles. The van der Waals surface area contributed by atoms with Crippen LogP contribution in [0.3, 0.4) is 0 Å². The molecular weight excluding hydrogens is 493 g/mol. The Bertz CT molecular complexity index is 1590. The molecule has 192 valence electrons. The molecule has 1 aliphatic rings. The lowest BCUT2D eigenvalue weighted by Gasteiger charge is -2.25. The Hall–Kier alpha value is -4.99. The number of carbonyl (C=O) groups excluding carboxylic acids is 2. The number of aliphatic hydroxyl groups excluding tert-OH is 1. The lowest BCUT2D eigenvalue weighted by Crippen LogP contribution is -2.31. The molecule has 0 unspecified atom stereocenters. The Morgan fingerprint density at radius 2 is 1.82 bits per heavy atom. The number of amides is 1. The molecular formula is C28H22FN3O6. The van der Waals surface area contributed by atoms with Crippen LogP contribution in [-0.2, 0) is 16.0 Å². The van der Waals surface area contributed by atoms with Gasteiger partial charge in [0.15, 0.2) is 0 Å². The molecule has 9 nitrogen and oxygen atoms in total. The maximum Gasteiger partial charge on any atom is 0.295 e. The van der Waals surface area contributed by atoms with Gasteiger partial charge in [0.2, 0.25) is 0 Å². The molecule has 1 fully saturated rings. The Labute approximate surface area is 215 Å². The van der Waals surface area contributed by atoms with Crippen LogP contribution in [0.5, 0.6) is 5.75 Å². The van der Waals surface area contributed by atoms with Crippen molar-refractivity contribution >= 4 is 34.0 Å². The Morgan fingerprint density at radius 1 is 1.11 bits per heavy atom. The Morgan fingerprint density at radius 3 is 2.47 bits per heavy atom. The second kappa shape index (κ2) is 9.81. The number of benzene rings is 3. The first kappa shape index (κ1) is 24.7. The van der Waals surface area contributed by atoms with Gasteiger partial charge in [-0.15, -0.1) is 0 Å². The number of fused-ring (bicyclic) bond motifs is 1. The van der Waals surface area contributed by atoms with E-state index in [9.17, 15) is 29.2 Å². The number of nitrogens with zero attached hydrogens (tertiary/aromatic N) is 2. The third-order valence-corrected chi connectivity index (χ3v) is 6.67. The van der Waals surface area contributed by atoms with E-state index in [0.29, 0.717) is 17.7 Å². The lowest BCUT2D eigenvalue weighted by molar-refractivity contribution is -0.384. The second-order valence-electron chi connectivity index (χ2n) is 8.82. The Kier molecular flexibility index (Phi) is 6.38. The molecule has 10 heteroatoms. The molecule has 0 radical (unpaired) electrons. The normalized spacial score (nSPS) is 16.8. The highest BCUT2D eigenvalue weighted by Crippen LogP contribution is 2.40. The van der Waals surface area contributed by atoms with Gasteiger partial charge in [0.05, 0.1) is 23.6 Å². The van der Waals surface area contributed by atoms with Crippen LogP contribution in [0.15, 0.2) is 78.5 Å². The number of aromatic amines is 1. The van der Waals surface area contributed by atoms with Crippen LogP contribution in [0.1, 0.15) is 22.7 Å². The fourth-order valence-electron chi connectivity index (χ4n) is 4.73. The zero-order chi connectivity index (χ0) is 27.0. The number of rotatable bonds is 7. The van der Waals surface area contributed by atoms with Gasteiger partial charge in [-0.2, -0.15) is 0 Å². The highest BCUT2D eigenvalue weighted by atomic mass is 19.1. The van der Waals surface area contributed by atoms with E-state index in [2.05, 4.69) is 4.98 Å². The average molecular weight is 515 g/mol. The predicted molar refractivity (Wildman–Crippen MR) is 137 cm³/mol. The third-order valence-electron chi connectivity index (χ3n) is 6.67. The van der Waals surface area contributed by atoms with Crippen LogP contribution in [0, 0.1) is 15.9 Å². The van der Waals surface area contributed by atoms with Crippen molar-refractivity contribution in [2.75, 3.05) is 13.7 Å².